The van der Waals surface area contributed by atoms with E-state index in [1.54, 1.807) is 0 Å². The molecule has 0 aromatic carbocycles. The molecule has 2 fully saturated rings. The Morgan fingerprint density at radius 1 is 1.28 bits per heavy atom. The van der Waals surface area contributed by atoms with Crippen LogP contribution in [0.2, 0.25) is 0 Å². The van der Waals surface area contributed by atoms with Gasteiger partial charge in [0.2, 0.25) is 0 Å². The smallest absolute Gasteiger partial charge is 0.0713 e. The minimum absolute atomic E-state index is 0.207. The highest BCUT2D eigenvalue weighted by Crippen LogP contribution is 2.38. The highest BCUT2D eigenvalue weighted by Gasteiger charge is 2.39. The normalized spacial score (nSPS) is 30.3. The highest BCUT2D eigenvalue weighted by molar-refractivity contribution is 7.99. The lowest BCUT2D eigenvalue weighted by Gasteiger charge is -2.45. The third kappa shape index (κ3) is 3.64. The fourth-order valence-electron chi connectivity index (χ4n) is 2.87. The average Bonchev–Trinajstić information content (AvgIpc) is 2.28. The van der Waals surface area contributed by atoms with Crippen LogP contribution in [0.4, 0.5) is 0 Å². The molecule has 2 unspecified atom stereocenters. The second-order valence-electron chi connectivity index (χ2n) is 7.09. The van der Waals surface area contributed by atoms with E-state index >= 15 is 0 Å². The standard InChI is InChI=1S/C15H29NOS/c1-12(14(2,3)4)16-13-5-8-17-15(11-13)6-9-18-10-7-15/h12-13,16H,5-11H2,1-4H3. The van der Waals surface area contributed by atoms with Gasteiger partial charge < -0.3 is 10.1 Å². The van der Waals surface area contributed by atoms with Gasteiger partial charge in [0.1, 0.15) is 0 Å². The Morgan fingerprint density at radius 2 is 1.94 bits per heavy atom. The molecular formula is C15H29NOS. The molecule has 106 valence electrons. The van der Waals surface area contributed by atoms with Crippen LogP contribution in [-0.2, 0) is 4.74 Å². The number of ether oxygens (including phenoxy) is 1. The molecule has 0 saturated carbocycles. The minimum atomic E-state index is 0.207. The zero-order valence-electron chi connectivity index (χ0n) is 12.4. The number of hydrogen-bond acceptors (Lipinski definition) is 3. The van der Waals surface area contributed by atoms with Crippen LogP contribution >= 0.6 is 11.8 Å². The van der Waals surface area contributed by atoms with Crippen molar-refractivity contribution < 1.29 is 4.74 Å². The van der Waals surface area contributed by atoms with Gasteiger partial charge in [-0.05, 0) is 49.5 Å². The first-order chi connectivity index (χ1) is 8.41. The van der Waals surface area contributed by atoms with Gasteiger partial charge in [0, 0.05) is 18.7 Å². The summed E-state index contributed by atoms with van der Waals surface area (Å²) < 4.78 is 6.15. The molecule has 1 spiro atoms. The van der Waals surface area contributed by atoms with Gasteiger partial charge in [-0.25, -0.2) is 0 Å². The molecule has 0 bridgehead atoms. The predicted octanol–water partition coefficient (Wildman–Crippen LogP) is 3.46. The number of nitrogens with one attached hydrogen (secondary N) is 1. The zero-order chi connectivity index (χ0) is 13.2. The lowest BCUT2D eigenvalue weighted by molar-refractivity contribution is -0.0951. The molecule has 0 aromatic heterocycles. The maximum Gasteiger partial charge on any atom is 0.0713 e. The molecular weight excluding hydrogens is 242 g/mol. The maximum absolute atomic E-state index is 6.15. The molecule has 2 heterocycles. The third-order valence-corrected chi connectivity index (χ3v) is 5.67. The van der Waals surface area contributed by atoms with Crippen molar-refractivity contribution >= 4 is 11.8 Å². The van der Waals surface area contributed by atoms with E-state index in [2.05, 4.69) is 44.8 Å². The van der Waals surface area contributed by atoms with Crippen molar-refractivity contribution in [2.45, 2.75) is 71.1 Å². The maximum atomic E-state index is 6.15. The highest BCUT2D eigenvalue weighted by atomic mass is 32.2. The topological polar surface area (TPSA) is 21.3 Å². The van der Waals surface area contributed by atoms with E-state index in [1.165, 1.54) is 37.2 Å². The molecule has 2 saturated heterocycles. The van der Waals surface area contributed by atoms with Crippen LogP contribution in [0.1, 0.15) is 53.4 Å². The molecule has 1 N–H and O–H groups in total. The number of hydrogen-bond donors (Lipinski definition) is 1. The van der Waals surface area contributed by atoms with E-state index in [1.807, 2.05) is 0 Å². The van der Waals surface area contributed by atoms with Crippen LogP contribution in [0.25, 0.3) is 0 Å². The molecule has 0 radical (unpaired) electrons. The molecule has 2 aliphatic rings. The van der Waals surface area contributed by atoms with Crippen molar-refractivity contribution in [2.24, 2.45) is 5.41 Å². The van der Waals surface area contributed by atoms with Crippen LogP contribution in [-0.4, -0.2) is 35.8 Å². The van der Waals surface area contributed by atoms with E-state index in [-0.39, 0.29) is 5.60 Å². The summed E-state index contributed by atoms with van der Waals surface area (Å²) >= 11 is 2.08. The van der Waals surface area contributed by atoms with Gasteiger partial charge in [-0.15, -0.1) is 0 Å². The molecule has 0 amide bonds. The van der Waals surface area contributed by atoms with Crippen molar-refractivity contribution in [2.75, 3.05) is 18.1 Å². The summed E-state index contributed by atoms with van der Waals surface area (Å²) in [7, 11) is 0. The van der Waals surface area contributed by atoms with Crippen molar-refractivity contribution in [3.05, 3.63) is 0 Å². The van der Waals surface area contributed by atoms with E-state index in [0.717, 1.165) is 6.61 Å². The van der Waals surface area contributed by atoms with Gasteiger partial charge in [0.05, 0.1) is 5.60 Å². The number of thioether (sulfide) groups is 1. The summed E-state index contributed by atoms with van der Waals surface area (Å²) in [5.74, 6) is 2.56. The Morgan fingerprint density at radius 3 is 2.56 bits per heavy atom. The fraction of sp³-hybridized carbons (Fsp3) is 1.00. The lowest BCUT2D eigenvalue weighted by atomic mass is 9.83. The van der Waals surface area contributed by atoms with E-state index < -0.39 is 0 Å². The van der Waals surface area contributed by atoms with Crippen LogP contribution in [0.3, 0.4) is 0 Å². The van der Waals surface area contributed by atoms with Crippen molar-refractivity contribution in [1.29, 1.82) is 0 Å². The van der Waals surface area contributed by atoms with Crippen molar-refractivity contribution in [1.82, 2.24) is 5.32 Å². The lowest BCUT2D eigenvalue weighted by Crippen LogP contribution is -2.52. The van der Waals surface area contributed by atoms with Crippen LogP contribution in [0.5, 0.6) is 0 Å². The molecule has 18 heavy (non-hydrogen) atoms. The van der Waals surface area contributed by atoms with Crippen molar-refractivity contribution in [3.8, 4) is 0 Å². The predicted molar refractivity (Wildman–Crippen MR) is 80.3 cm³/mol. The first-order valence-corrected chi connectivity index (χ1v) is 8.55. The Kier molecular flexibility index (Phi) is 4.66. The Hall–Kier alpha value is 0.270. The molecule has 2 rings (SSSR count). The van der Waals surface area contributed by atoms with E-state index in [4.69, 9.17) is 4.74 Å². The molecule has 2 aliphatic heterocycles. The Labute approximate surface area is 117 Å². The zero-order valence-corrected chi connectivity index (χ0v) is 13.2. The van der Waals surface area contributed by atoms with E-state index in [0.29, 0.717) is 17.5 Å². The van der Waals surface area contributed by atoms with Gasteiger partial charge >= 0.3 is 0 Å². The van der Waals surface area contributed by atoms with E-state index in [9.17, 15) is 0 Å². The average molecular weight is 271 g/mol. The summed E-state index contributed by atoms with van der Waals surface area (Å²) in [4.78, 5) is 0. The van der Waals surface area contributed by atoms with Gasteiger partial charge in [0.25, 0.3) is 0 Å². The number of rotatable bonds is 2. The Balaban J connectivity index is 1.90. The second kappa shape index (κ2) is 5.72. The minimum Gasteiger partial charge on any atom is -0.375 e. The summed E-state index contributed by atoms with van der Waals surface area (Å²) in [5, 5.41) is 3.84. The summed E-state index contributed by atoms with van der Waals surface area (Å²) in [6.45, 7) is 10.2. The quantitative estimate of drug-likeness (QED) is 0.831. The van der Waals surface area contributed by atoms with Crippen LogP contribution in [0, 0.1) is 5.41 Å². The summed E-state index contributed by atoms with van der Waals surface area (Å²) in [6.07, 6.45) is 4.89. The molecule has 3 heteroatoms. The second-order valence-corrected chi connectivity index (χ2v) is 8.31. The SMILES string of the molecule is CC(NC1CCOC2(CCSCC2)C1)C(C)(C)C. The van der Waals surface area contributed by atoms with Crippen LogP contribution < -0.4 is 5.32 Å². The fourth-order valence-corrected chi connectivity index (χ4v) is 4.10. The molecule has 0 aliphatic carbocycles. The summed E-state index contributed by atoms with van der Waals surface area (Å²) in [5.41, 5.74) is 0.548. The van der Waals surface area contributed by atoms with Crippen molar-refractivity contribution in [3.63, 3.8) is 0 Å². The van der Waals surface area contributed by atoms with Gasteiger partial charge in [0.15, 0.2) is 0 Å². The van der Waals surface area contributed by atoms with Gasteiger partial charge in [-0.1, -0.05) is 20.8 Å². The van der Waals surface area contributed by atoms with Gasteiger partial charge in [-0.3, -0.25) is 0 Å². The first kappa shape index (κ1) is 14.7. The molecule has 0 aromatic rings. The van der Waals surface area contributed by atoms with Gasteiger partial charge in [-0.2, -0.15) is 11.8 Å². The first-order valence-electron chi connectivity index (χ1n) is 7.39. The Bertz CT molecular complexity index is 263. The third-order valence-electron chi connectivity index (χ3n) is 4.68. The molecule has 2 nitrogen and oxygen atoms in total. The molecule has 2 atom stereocenters. The van der Waals surface area contributed by atoms with Crippen LogP contribution in [0.15, 0.2) is 0 Å². The largest absolute Gasteiger partial charge is 0.375 e. The monoisotopic (exact) mass is 271 g/mol. The summed E-state index contributed by atoms with van der Waals surface area (Å²) in [6, 6.07) is 1.21.